The van der Waals surface area contributed by atoms with Gasteiger partial charge in [0.05, 0.1) is 0 Å². The molecule has 1 aliphatic carbocycles. The molecule has 2 atom stereocenters. The van der Waals surface area contributed by atoms with E-state index in [-0.39, 0.29) is 0 Å². The highest BCUT2D eigenvalue weighted by molar-refractivity contribution is 4.85. The predicted molar refractivity (Wildman–Crippen MR) is 47.4 cm³/mol. The van der Waals surface area contributed by atoms with Crippen molar-refractivity contribution in [3.63, 3.8) is 0 Å². The van der Waals surface area contributed by atoms with E-state index >= 15 is 0 Å². The topological polar surface area (TPSA) is 20.2 Å². The molecule has 0 aromatic carbocycles. The molecule has 0 aromatic rings. The molecular formula is C10H20O. The zero-order valence-electron chi connectivity index (χ0n) is 7.93. The van der Waals surface area contributed by atoms with Gasteiger partial charge in [0.2, 0.25) is 0 Å². The smallest absolute Gasteiger partial charge is 0.0462 e. The molecule has 66 valence electrons. The summed E-state index contributed by atoms with van der Waals surface area (Å²) in [4.78, 5) is 0. The second kappa shape index (κ2) is 3.14. The van der Waals surface area contributed by atoms with Crippen LogP contribution >= 0.6 is 0 Å². The van der Waals surface area contributed by atoms with Crippen molar-refractivity contribution in [3.8, 4) is 0 Å². The van der Waals surface area contributed by atoms with Crippen molar-refractivity contribution in [1.82, 2.24) is 0 Å². The van der Waals surface area contributed by atoms with E-state index in [1.54, 1.807) is 0 Å². The van der Waals surface area contributed by atoms with Crippen molar-refractivity contribution in [1.29, 1.82) is 0 Å². The predicted octanol–water partition coefficient (Wildman–Crippen LogP) is 2.44. The van der Waals surface area contributed by atoms with E-state index in [1.807, 2.05) is 0 Å². The number of aliphatic hydroxyl groups excluding tert-OH is 1. The summed E-state index contributed by atoms with van der Waals surface area (Å²) in [5.41, 5.74) is 0.393. The Labute approximate surface area is 69.8 Å². The fourth-order valence-electron chi connectivity index (χ4n) is 2.40. The van der Waals surface area contributed by atoms with Gasteiger partial charge >= 0.3 is 0 Å². The van der Waals surface area contributed by atoms with Gasteiger partial charge in [0.15, 0.2) is 0 Å². The maximum atomic E-state index is 9.10. The molecule has 1 saturated carbocycles. The quantitative estimate of drug-likeness (QED) is 0.618. The minimum Gasteiger partial charge on any atom is -0.396 e. The van der Waals surface area contributed by atoms with Gasteiger partial charge in [0.1, 0.15) is 0 Å². The standard InChI is InChI=1S/C10H20O/c1-10(2,3)9-6-4-5-8(9)7-11/h8-9,11H,4-7H2,1-3H3/t8-,9+/m0/s1. The molecule has 1 heteroatoms. The summed E-state index contributed by atoms with van der Waals surface area (Å²) in [6.45, 7) is 7.24. The first-order valence-corrected chi connectivity index (χ1v) is 4.66. The highest BCUT2D eigenvalue weighted by Crippen LogP contribution is 2.42. The summed E-state index contributed by atoms with van der Waals surface area (Å²) >= 11 is 0. The summed E-state index contributed by atoms with van der Waals surface area (Å²) < 4.78 is 0. The molecule has 0 bridgehead atoms. The van der Waals surface area contributed by atoms with Gasteiger partial charge in [-0.05, 0) is 30.1 Å². The Bertz CT molecular complexity index is 123. The molecule has 1 rings (SSSR count). The van der Waals surface area contributed by atoms with E-state index in [1.165, 1.54) is 19.3 Å². The Kier molecular flexibility index (Phi) is 2.58. The summed E-state index contributed by atoms with van der Waals surface area (Å²) in [5, 5.41) is 9.10. The molecule has 1 aliphatic rings. The minimum atomic E-state index is 0.391. The van der Waals surface area contributed by atoms with E-state index in [0.29, 0.717) is 17.9 Å². The highest BCUT2D eigenvalue weighted by atomic mass is 16.3. The minimum absolute atomic E-state index is 0.391. The third kappa shape index (κ3) is 1.96. The van der Waals surface area contributed by atoms with Gasteiger partial charge in [0, 0.05) is 6.61 Å². The third-order valence-electron chi connectivity index (χ3n) is 3.01. The van der Waals surface area contributed by atoms with Crippen LogP contribution in [0.25, 0.3) is 0 Å². The molecule has 1 fully saturated rings. The van der Waals surface area contributed by atoms with Crippen LogP contribution in [0.1, 0.15) is 40.0 Å². The maximum absolute atomic E-state index is 9.10. The lowest BCUT2D eigenvalue weighted by atomic mass is 9.75. The molecule has 1 N–H and O–H groups in total. The van der Waals surface area contributed by atoms with Gasteiger partial charge in [-0.2, -0.15) is 0 Å². The normalized spacial score (nSPS) is 32.7. The largest absolute Gasteiger partial charge is 0.396 e. The van der Waals surface area contributed by atoms with Crippen LogP contribution in [0.4, 0.5) is 0 Å². The summed E-state index contributed by atoms with van der Waals surface area (Å²) in [6, 6.07) is 0. The molecule has 1 nitrogen and oxygen atoms in total. The van der Waals surface area contributed by atoms with Crippen LogP contribution in [0, 0.1) is 17.3 Å². The first kappa shape index (κ1) is 9.05. The molecule has 0 radical (unpaired) electrons. The Hall–Kier alpha value is -0.0400. The van der Waals surface area contributed by atoms with Gasteiger partial charge in [-0.15, -0.1) is 0 Å². The van der Waals surface area contributed by atoms with E-state index < -0.39 is 0 Å². The van der Waals surface area contributed by atoms with Crippen LogP contribution in [0.5, 0.6) is 0 Å². The van der Waals surface area contributed by atoms with Gasteiger partial charge in [0.25, 0.3) is 0 Å². The van der Waals surface area contributed by atoms with Crippen molar-refractivity contribution in [3.05, 3.63) is 0 Å². The number of aliphatic hydroxyl groups is 1. The van der Waals surface area contributed by atoms with Crippen molar-refractivity contribution >= 4 is 0 Å². The van der Waals surface area contributed by atoms with E-state index in [2.05, 4.69) is 20.8 Å². The second-order valence-electron chi connectivity index (χ2n) is 4.85. The van der Waals surface area contributed by atoms with Crippen molar-refractivity contribution < 1.29 is 5.11 Å². The van der Waals surface area contributed by atoms with E-state index in [0.717, 1.165) is 5.92 Å². The van der Waals surface area contributed by atoms with Crippen molar-refractivity contribution in [2.75, 3.05) is 6.61 Å². The van der Waals surface area contributed by atoms with Crippen LogP contribution in [-0.4, -0.2) is 11.7 Å². The van der Waals surface area contributed by atoms with Gasteiger partial charge in [-0.1, -0.05) is 27.2 Å². The highest BCUT2D eigenvalue weighted by Gasteiger charge is 2.35. The molecule has 0 amide bonds. The van der Waals surface area contributed by atoms with Gasteiger partial charge in [-0.3, -0.25) is 0 Å². The first-order chi connectivity index (χ1) is 5.05. The average Bonchev–Trinajstić information content (AvgIpc) is 2.31. The Morgan fingerprint density at radius 2 is 1.91 bits per heavy atom. The average molecular weight is 156 g/mol. The third-order valence-corrected chi connectivity index (χ3v) is 3.01. The second-order valence-corrected chi connectivity index (χ2v) is 4.85. The number of hydrogen-bond acceptors (Lipinski definition) is 1. The zero-order chi connectivity index (χ0) is 8.48. The fraction of sp³-hybridized carbons (Fsp3) is 1.00. The van der Waals surface area contributed by atoms with Crippen LogP contribution in [0.2, 0.25) is 0 Å². The van der Waals surface area contributed by atoms with Crippen LogP contribution < -0.4 is 0 Å². The van der Waals surface area contributed by atoms with Gasteiger partial charge < -0.3 is 5.11 Å². The first-order valence-electron chi connectivity index (χ1n) is 4.66. The zero-order valence-corrected chi connectivity index (χ0v) is 7.93. The summed E-state index contributed by atoms with van der Waals surface area (Å²) in [5.74, 6) is 1.32. The molecule has 0 aromatic heterocycles. The molecule has 0 unspecified atom stereocenters. The Morgan fingerprint density at radius 1 is 1.27 bits per heavy atom. The Morgan fingerprint density at radius 3 is 2.27 bits per heavy atom. The SMILES string of the molecule is CC(C)(C)[C@@H]1CCC[C@H]1CO. The lowest BCUT2D eigenvalue weighted by molar-refractivity contribution is 0.123. The maximum Gasteiger partial charge on any atom is 0.0462 e. The lowest BCUT2D eigenvalue weighted by Gasteiger charge is -2.31. The molecule has 11 heavy (non-hydrogen) atoms. The Balaban J connectivity index is 2.57. The molecule has 0 spiro atoms. The van der Waals surface area contributed by atoms with Crippen molar-refractivity contribution in [2.24, 2.45) is 17.3 Å². The summed E-state index contributed by atoms with van der Waals surface area (Å²) in [6.07, 6.45) is 3.86. The van der Waals surface area contributed by atoms with E-state index in [9.17, 15) is 0 Å². The lowest BCUT2D eigenvalue weighted by Crippen LogP contribution is -2.25. The molecule has 0 heterocycles. The monoisotopic (exact) mass is 156 g/mol. The molecule has 0 saturated heterocycles. The molecule has 0 aliphatic heterocycles. The number of rotatable bonds is 1. The fourth-order valence-corrected chi connectivity index (χ4v) is 2.40. The van der Waals surface area contributed by atoms with Gasteiger partial charge in [-0.25, -0.2) is 0 Å². The van der Waals surface area contributed by atoms with E-state index in [4.69, 9.17) is 5.11 Å². The van der Waals surface area contributed by atoms with Crippen LogP contribution in [-0.2, 0) is 0 Å². The molecular weight excluding hydrogens is 136 g/mol. The van der Waals surface area contributed by atoms with Crippen molar-refractivity contribution in [2.45, 2.75) is 40.0 Å². The number of hydrogen-bond donors (Lipinski definition) is 1. The van der Waals surface area contributed by atoms with Crippen LogP contribution in [0.3, 0.4) is 0 Å². The van der Waals surface area contributed by atoms with Crippen LogP contribution in [0.15, 0.2) is 0 Å². The summed E-state index contributed by atoms with van der Waals surface area (Å²) in [7, 11) is 0.